The molecule has 0 aliphatic carbocycles. The second-order valence-electron chi connectivity index (χ2n) is 2.05. The summed E-state index contributed by atoms with van der Waals surface area (Å²) in [5.74, 6) is -0.827. The fourth-order valence-corrected chi connectivity index (χ4v) is 0.696. The molecule has 0 rings (SSSR count). The molecule has 0 amide bonds. The van der Waals surface area contributed by atoms with Crippen LogP contribution in [0, 0.1) is 0 Å². The summed E-state index contributed by atoms with van der Waals surface area (Å²) in [6.45, 7) is 2.38. The maximum absolute atomic E-state index is 10.1. The molecule has 0 aromatic heterocycles. The highest BCUT2D eigenvalue weighted by Crippen LogP contribution is 2.02. The molecular weight excluding hydrogens is 148 g/mol. The summed E-state index contributed by atoms with van der Waals surface area (Å²) in [6, 6.07) is 0. The zero-order chi connectivity index (χ0) is 8.69. The first-order valence-corrected chi connectivity index (χ1v) is 3.56. The van der Waals surface area contributed by atoms with E-state index in [1.165, 1.54) is 7.11 Å². The number of hydrogen-bond acceptors (Lipinski definition) is 3. The van der Waals surface area contributed by atoms with Crippen LogP contribution in [0.2, 0.25) is 0 Å². The van der Waals surface area contributed by atoms with Crippen LogP contribution in [0.3, 0.4) is 0 Å². The van der Waals surface area contributed by atoms with Crippen molar-refractivity contribution in [3.05, 3.63) is 0 Å². The Kier molecular flexibility index (Phi) is 5.78. The molecule has 1 N–H and O–H groups in total. The maximum atomic E-state index is 10.1. The topological polar surface area (TPSA) is 55.8 Å². The predicted octanol–water partition coefficient (Wildman–Crippen LogP) is 0.860. The van der Waals surface area contributed by atoms with Crippen molar-refractivity contribution in [2.24, 2.45) is 0 Å². The van der Waals surface area contributed by atoms with E-state index in [4.69, 9.17) is 14.6 Å². The van der Waals surface area contributed by atoms with Crippen molar-refractivity contribution < 1.29 is 19.4 Å². The van der Waals surface area contributed by atoms with Gasteiger partial charge in [-0.05, 0) is 6.92 Å². The number of carboxylic acids is 1. The Morgan fingerprint density at radius 1 is 1.64 bits per heavy atom. The maximum Gasteiger partial charge on any atom is 0.303 e. The number of ether oxygens (including phenoxy) is 2. The summed E-state index contributed by atoms with van der Waals surface area (Å²) in [4.78, 5) is 10.1. The van der Waals surface area contributed by atoms with Crippen molar-refractivity contribution in [2.75, 3.05) is 13.7 Å². The van der Waals surface area contributed by atoms with E-state index in [1.807, 2.05) is 6.92 Å². The normalized spacial score (nSPS) is 12.9. The Morgan fingerprint density at radius 3 is 2.64 bits per heavy atom. The van der Waals surface area contributed by atoms with Crippen molar-refractivity contribution in [2.45, 2.75) is 26.1 Å². The number of carboxylic acid groups (broad SMARTS) is 1. The fourth-order valence-electron chi connectivity index (χ4n) is 0.696. The second-order valence-corrected chi connectivity index (χ2v) is 2.05. The third-order valence-corrected chi connectivity index (χ3v) is 1.21. The lowest BCUT2D eigenvalue weighted by Crippen LogP contribution is -2.16. The monoisotopic (exact) mass is 162 g/mol. The van der Waals surface area contributed by atoms with E-state index in [0.29, 0.717) is 13.0 Å². The summed E-state index contributed by atoms with van der Waals surface area (Å²) in [5.41, 5.74) is 0. The van der Waals surface area contributed by atoms with E-state index >= 15 is 0 Å². The lowest BCUT2D eigenvalue weighted by Gasteiger charge is -2.13. The molecule has 4 nitrogen and oxygen atoms in total. The second kappa shape index (κ2) is 6.12. The molecule has 1 unspecified atom stereocenters. The molecule has 0 aliphatic rings. The van der Waals surface area contributed by atoms with Crippen LogP contribution >= 0.6 is 0 Å². The Hall–Kier alpha value is -0.610. The number of methoxy groups -OCH3 is 1. The minimum absolute atomic E-state index is 0.0819. The van der Waals surface area contributed by atoms with E-state index in [-0.39, 0.29) is 12.7 Å². The molecule has 0 aromatic carbocycles. The van der Waals surface area contributed by atoms with Gasteiger partial charge < -0.3 is 14.6 Å². The van der Waals surface area contributed by atoms with Crippen LogP contribution in [0.5, 0.6) is 0 Å². The predicted molar refractivity (Wildman–Crippen MR) is 39.3 cm³/mol. The van der Waals surface area contributed by atoms with Crippen LogP contribution in [-0.2, 0) is 14.3 Å². The SMILES string of the molecule is CCOC(CCC(=O)O)OC. The first-order valence-electron chi connectivity index (χ1n) is 3.56. The van der Waals surface area contributed by atoms with Gasteiger partial charge in [0, 0.05) is 20.1 Å². The summed E-state index contributed by atoms with van der Waals surface area (Å²) in [6.07, 6.45) is 0.106. The molecule has 0 aromatic rings. The molecule has 0 heterocycles. The summed E-state index contributed by atoms with van der Waals surface area (Å²) in [5, 5.41) is 8.31. The highest BCUT2D eigenvalue weighted by atomic mass is 16.7. The van der Waals surface area contributed by atoms with Crippen LogP contribution in [0.25, 0.3) is 0 Å². The van der Waals surface area contributed by atoms with Crippen molar-refractivity contribution in [3.63, 3.8) is 0 Å². The molecule has 1 atom stereocenters. The third kappa shape index (κ3) is 5.82. The van der Waals surface area contributed by atoms with E-state index < -0.39 is 5.97 Å². The van der Waals surface area contributed by atoms with Crippen molar-refractivity contribution in [1.82, 2.24) is 0 Å². The molecule has 0 aliphatic heterocycles. The summed E-state index contributed by atoms with van der Waals surface area (Å²) < 4.78 is 9.91. The standard InChI is InChI=1S/C7H14O4/c1-3-11-7(10-2)5-4-6(8)9/h7H,3-5H2,1-2H3,(H,8,9). The first-order chi connectivity index (χ1) is 5.20. The zero-order valence-electron chi connectivity index (χ0n) is 6.87. The molecule has 11 heavy (non-hydrogen) atoms. The number of hydrogen-bond donors (Lipinski definition) is 1. The van der Waals surface area contributed by atoms with Crippen LogP contribution in [-0.4, -0.2) is 31.1 Å². The van der Waals surface area contributed by atoms with Crippen LogP contribution in [0.1, 0.15) is 19.8 Å². The van der Waals surface area contributed by atoms with Crippen molar-refractivity contribution in [1.29, 1.82) is 0 Å². The van der Waals surface area contributed by atoms with Crippen molar-refractivity contribution in [3.8, 4) is 0 Å². The average molecular weight is 162 g/mol. The highest BCUT2D eigenvalue weighted by molar-refractivity contribution is 5.66. The third-order valence-electron chi connectivity index (χ3n) is 1.21. The van der Waals surface area contributed by atoms with E-state index in [2.05, 4.69) is 0 Å². The van der Waals surface area contributed by atoms with Gasteiger partial charge in [-0.1, -0.05) is 0 Å². The Balaban J connectivity index is 3.43. The van der Waals surface area contributed by atoms with E-state index in [1.54, 1.807) is 0 Å². The largest absolute Gasteiger partial charge is 0.481 e. The highest BCUT2D eigenvalue weighted by Gasteiger charge is 2.08. The molecular formula is C7H14O4. The van der Waals surface area contributed by atoms with Gasteiger partial charge in [-0.15, -0.1) is 0 Å². The average Bonchev–Trinajstić information content (AvgIpc) is 1.97. The Morgan fingerprint density at radius 2 is 2.27 bits per heavy atom. The van der Waals surface area contributed by atoms with Gasteiger partial charge in [-0.25, -0.2) is 0 Å². The minimum atomic E-state index is -0.827. The van der Waals surface area contributed by atoms with Gasteiger partial charge in [0.15, 0.2) is 6.29 Å². The van der Waals surface area contributed by atoms with Gasteiger partial charge >= 0.3 is 5.97 Å². The van der Waals surface area contributed by atoms with Crippen LogP contribution in [0.15, 0.2) is 0 Å². The van der Waals surface area contributed by atoms with Gasteiger partial charge in [0.05, 0.1) is 6.42 Å². The summed E-state index contributed by atoms with van der Waals surface area (Å²) in [7, 11) is 1.50. The Labute approximate surface area is 66.1 Å². The lowest BCUT2D eigenvalue weighted by atomic mass is 10.3. The van der Waals surface area contributed by atoms with Crippen LogP contribution in [0.4, 0.5) is 0 Å². The smallest absolute Gasteiger partial charge is 0.303 e. The van der Waals surface area contributed by atoms with Gasteiger partial charge in [0.25, 0.3) is 0 Å². The number of carbonyl (C=O) groups is 1. The molecule has 0 saturated heterocycles. The quantitative estimate of drug-likeness (QED) is 0.588. The minimum Gasteiger partial charge on any atom is -0.481 e. The van der Waals surface area contributed by atoms with E-state index in [9.17, 15) is 4.79 Å². The van der Waals surface area contributed by atoms with Crippen molar-refractivity contribution >= 4 is 5.97 Å². The Bertz CT molecular complexity index is 113. The van der Waals surface area contributed by atoms with Crippen LogP contribution < -0.4 is 0 Å². The number of aliphatic carboxylic acids is 1. The first kappa shape index (κ1) is 10.4. The molecule has 0 radical (unpaired) electrons. The van der Waals surface area contributed by atoms with Gasteiger partial charge in [0.1, 0.15) is 0 Å². The lowest BCUT2D eigenvalue weighted by molar-refractivity contribution is -0.146. The molecule has 66 valence electrons. The van der Waals surface area contributed by atoms with Gasteiger partial charge in [-0.3, -0.25) is 4.79 Å². The zero-order valence-corrected chi connectivity index (χ0v) is 6.87. The molecule has 0 bridgehead atoms. The fraction of sp³-hybridized carbons (Fsp3) is 0.857. The van der Waals surface area contributed by atoms with E-state index in [0.717, 1.165) is 0 Å². The molecule has 0 saturated carbocycles. The molecule has 0 fully saturated rings. The number of rotatable bonds is 6. The molecule has 0 spiro atoms. The molecule has 4 heteroatoms. The van der Waals surface area contributed by atoms with Gasteiger partial charge in [0.2, 0.25) is 0 Å². The summed E-state index contributed by atoms with van der Waals surface area (Å²) >= 11 is 0. The van der Waals surface area contributed by atoms with Gasteiger partial charge in [-0.2, -0.15) is 0 Å².